The van der Waals surface area contributed by atoms with E-state index in [4.69, 9.17) is 14.7 Å². The molecule has 1 aliphatic carbocycles. The number of ether oxygens (including phenoxy) is 1. The van der Waals surface area contributed by atoms with Gasteiger partial charge in [0.1, 0.15) is 11.5 Å². The van der Waals surface area contributed by atoms with E-state index in [1.54, 1.807) is 0 Å². The highest BCUT2D eigenvalue weighted by Crippen LogP contribution is 2.55. The third kappa shape index (κ3) is 4.03. The van der Waals surface area contributed by atoms with Gasteiger partial charge in [-0.3, -0.25) is 0 Å². The molecule has 0 bridgehead atoms. The van der Waals surface area contributed by atoms with Crippen molar-refractivity contribution in [2.24, 2.45) is 0 Å². The summed E-state index contributed by atoms with van der Waals surface area (Å²) in [6, 6.07) is 42.7. The maximum Gasteiger partial charge on any atom is 0.160 e. The summed E-state index contributed by atoms with van der Waals surface area (Å²) in [5, 5.41) is 1.06. The lowest BCUT2D eigenvalue weighted by atomic mass is 9.63. The lowest BCUT2D eigenvalue weighted by Gasteiger charge is -2.43. The van der Waals surface area contributed by atoms with Crippen LogP contribution in [-0.2, 0) is 5.41 Å². The molecule has 0 unspecified atom stereocenters. The molecule has 3 nitrogen and oxygen atoms in total. The summed E-state index contributed by atoms with van der Waals surface area (Å²) < 4.78 is 6.48. The van der Waals surface area contributed by atoms with Gasteiger partial charge in [0.05, 0.1) is 11.2 Å². The Kier molecular flexibility index (Phi) is 5.70. The topological polar surface area (TPSA) is 35.0 Å². The average molecular weight is 531 g/mol. The maximum absolute atomic E-state index is 6.48. The molecule has 0 N–H and O–H groups in total. The van der Waals surface area contributed by atoms with Gasteiger partial charge in [-0.1, -0.05) is 110 Å². The Hall–Kier alpha value is -4.76. The molecule has 5 aromatic carbocycles. The molecule has 6 aromatic rings. The number of para-hydroxylation sites is 2. The van der Waals surface area contributed by atoms with Crippen LogP contribution in [0.4, 0.5) is 0 Å². The number of hydrogen-bond donors (Lipinski definition) is 0. The molecule has 0 atom stereocenters. The van der Waals surface area contributed by atoms with Crippen molar-refractivity contribution < 1.29 is 4.74 Å². The quantitative estimate of drug-likeness (QED) is 0.228. The van der Waals surface area contributed by atoms with Gasteiger partial charge in [0.2, 0.25) is 0 Å². The first-order valence-corrected chi connectivity index (χ1v) is 14.6. The van der Waals surface area contributed by atoms with Crippen LogP contribution in [0.5, 0.6) is 11.5 Å². The fourth-order valence-corrected chi connectivity index (χ4v) is 6.94. The predicted molar refractivity (Wildman–Crippen MR) is 166 cm³/mol. The lowest BCUT2D eigenvalue weighted by molar-refractivity contribution is 0.306. The Balaban J connectivity index is 1.26. The summed E-state index contributed by atoms with van der Waals surface area (Å²) in [5.74, 6) is 2.76. The van der Waals surface area contributed by atoms with Gasteiger partial charge in [-0.15, -0.1) is 0 Å². The molecular formula is C38H30N2O. The molecule has 1 saturated carbocycles. The number of hydrogen-bond acceptors (Lipinski definition) is 3. The molecule has 2 heterocycles. The van der Waals surface area contributed by atoms with Crippen LogP contribution < -0.4 is 4.74 Å². The van der Waals surface area contributed by atoms with E-state index in [0.717, 1.165) is 45.0 Å². The molecular weight excluding hydrogens is 500 g/mol. The van der Waals surface area contributed by atoms with Gasteiger partial charge in [-0.05, 0) is 54.3 Å². The Morgan fingerprint density at radius 2 is 1.22 bits per heavy atom. The minimum atomic E-state index is 0.0174. The molecule has 8 rings (SSSR count). The van der Waals surface area contributed by atoms with Gasteiger partial charge in [0, 0.05) is 33.1 Å². The average Bonchev–Trinajstić information content (AvgIpc) is 3.05. The molecule has 0 saturated heterocycles. The Morgan fingerprint density at radius 1 is 0.512 bits per heavy atom. The number of fused-ring (bicyclic) bond motifs is 5. The predicted octanol–water partition coefficient (Wildman–Crippen LogP) is 9.99. The third-order valence-corrected chi connectivity index (χ3v) is 8.93. The fourth-order valence-electron chi connectivity index (χ4n) is 6.94. The first-order valence-electron chi connectivity index (χ1n) is 14.6. The van der Waals surface area contributed by atoms with Crippen LogP contribution in [0, 0.1) is 0 Å². The largest absolute Gasteiger partial charge is 0.457 e. The van der Waals surface area contributed by atoms with Crippen LogP contribution in [-0.4, -0.2) is 9.97 Å². The van der Waals surface area contributed by atoms with E-state index in [-0.39, 0.29) is 5.41 Å². The zero-order valence-corrected chi connectivity index (χ0v) is 22.9. The highest BCUT2D eigenvalue weighted by Gasteiger charge is 2.42. The van der Waals surface area contributed by atoms with Gasteiger partial charge >= 0.3 is 0 Å². The molecule has 41 heavy (non-hydrogen) atoms. The Bertz CT molecular complexity index is 1900. The maximum atomic E-state index is 6.48. The highest BCUT2D eigenvalue weighted by atomic mass is 16.5. The zero-order chi connectivity index (χ0) is 27.2. The SMILES string of the molecule is c1ccc(-c2nc(-c3cccc(-c4ccc5c(c4)C4(CCCCC4)c4ccccc4O5)c3)c3ccccc3n2)cc1. The van der Waals surface area contributed by atoms with Crippen molar-refractivity contribution in [3.05, 3.63) is 132 Å². The van der Waals surface area contributed by atoms with E-state index in [0.29, 0.717) is 0 Å². The third-order valence-electron chi connectivity index (χ3n) is 8.93. The van der Waals surface area contributed by atoms with Gasteiger partial charge in [0.25, 0.3) is 0 Å². The Labute approximate surface area is 240 Å². The monoisotopic (exact) mass is 530 g/mol. The van der Waals surface area contributed by atoms with Gasteiger partial charge in [0.15, 0.2) is 5.82 Å². The standard InChI is InChI=1S/C38H30N2O/c1-3-12-26(13-4-1)37-39-33-18-7-5-16-30(33)36(40-37)29-15-11-14-27(24-29)28-20-21-35-32(25-28)38(22-9-2-10-23-38)31-17-6-8-19-34(31)41-35/h1,3-8,11-21,24-25H,2,9-10,22-23H2. The minimum Gasteiger partial charge on any atom is -0.457 e. The van der Waals surface area contributed by atoms with E-state index >= 15 is 0 Å². The van der Waals surface area contributed by atoms with E-state index < -0.39 is 0 Å². The highest BCUT2D eigenvalue weighted by molar-refractivity contribution is 5.94. The van der Waals surface area contributed by atoms with E-state index in [1.807, 2.05) is 24.3 Å². The van der Waals surface area contributed by atoms with E-state index in [2.05, 4.69) is 97.1 Å². The first-order chi connectivity index (χ1) is 20.3. The van der Waals surface area contributed by atoms with Crippen molar-refractivity contribution in [1.82, 2.24) is 9.97 Å². The molecule has 1 spiro atoms. The molecule has 1 aliphatic heterocycles. The Morgan fingerprint density at radius 3 is 2.12 bits per heavy atom. The van der Waals surface area contributed by atoms with Crippen LogP contribution in [0.1, 0.15) is 43.2 Å². The minimum absolute atomic E-state index is 0.0174. The van der Waals surface area contributed by atoms with Crippen LogP contribution in [0.2, 0.25) is 0 Å². The second kappa shape index (κ2) is 9.71. The van der Waals surface area contributed by atoms with Gasteiger partial charge in [-0.25, -0.2) is 9.97 Å². The second-order valence-electron chi connectivity index (χ2n) is 11.3. The number of nitrogens with zero attached hydrogens (tertiary/aromatic N) is 2. The summed E-state index contributed by atoms with van der Waals surface area (Å²) in [7, 11) is 0. The molecule has 3 heteroatoms. The summed E-state index contributed by atoms with van der Waals surface area (Å²) in [4.78, 5) is 10.0. The summed E-state index contributed by atoms with van der Waals surface area (Å²) in [6.45, 7) is 0. The summed E-state index contributed by atoms with van der Waals surface area (Å²) in [6.07, 6.45) is 6.13. The van der Waals surface area contributed by atoms with Crippen molar-refractivity contribution in [2.45, 2.75) is 37.5 Å². The number of benzene rings is 5. The van der Waals surface area contributed by atoms with Gasteiger partial charge < -0.3 is 4.74 Å². The van der Waals surface area contributed by atoms with Crippen molar-refractivity contribution in [2.75, 3.05) is 0 Å². The van der Waals surface area contributed by atoms with Crippen LogP contribution >= 0.6 is 0 Å². The van der Waals surface area contributed by atoms with Crippen LogP contribution in [0.15, 0.2) is 121 Å². The first kappa shape index (κ1) is 24.1. The molecule has 1 aromatic heterocycles. The van der Waals surface area contributed by atoms with Crippen molar-refractivity contribution in [1.29, 1.82) is 0 Å². The molecule has 198 valence electrons. The van der Waals surface area contributed by atoms with E-state index in [1.165, 1.54) is 54.4 Å². The normalized spacial score (nSPS) is 15.2. The summed E-state index contributed by atoms with van der Waals surface area (Å²) in [5.41, 5.74) is 9.09. The second-order valence-corrected chi connectivity index (χ2v) is 11.3. The fraction of sp³-hybridized carbons (Fsp3) is 0.158. The number of rotatable bonds is 3. The van der Waals surface area contributed by atoms with Crippen molar-refractivity contribution in [3.63, 3.8) is 0 Å². The molecule has 0 amide bonds. The molecule has 2 aliphatic rings. The zero-order valence-electron chi connectivity index (χ0n) is 22.9. The summed E-state index contributed by atoms with van der Waals surface area (Å²) >= 11 is 0. The smallest absolute Gasteiger partial charge is 0.160 e. The number of aromatic nitrogens is 2. The lowest BCUT2D eigenvalue weighted by Crippen LogP contribution is -2.33. The van der Waals surface area contributed by atoms with E-state index in [9.17, 15) is 0 Å². The van der Waals surface area contributed by atoms with Crippen LogP contribution in [0.25, 0.3) is 44.7 Å². The van der Waals surface area contributed by atoms with Crippen molar-refractivity contribution >= 4 is 10.9 Å². The van der Waals surface area contributed by atoms with Crippen LogP contribution in [0.3, 0.4) is 0 Å². The molecule has 1 fully saturated rings. The van der Waals surface area contributed by atoms with Gasteiger partial charge in [-0.2, -0.15) is 0 Å². The van der Waals surface area contributed by atoms with Crippen molar-refractivity contribution in [3.8, 4) is 45.3 Å². The molecule has 0 radical (unpaired) electrons.